The van der Waals surface area contributed by atoms with E-state index in [1.807, 2.05) is 25.1 Å². The highest BCUT2D eigenvalue weighted by Crippen LogP contribution is 2.41. The third kappa shape index (κ3) is 2.65. The molecule has 2 aromatic heterocycles. The first kappa shape index (κ1) is 19.5. The Labute approximate surface area is 178 Å². The van der Waals surface area contributed by atoms with Crippen LogP contribution >= 0.6 is 0 Å². The van der Waals surface area contributed by atoms with Crippen LogP contribution in [0.4, 0.5) is 0 Å². The predicted octanol–water partition coefficient (Wildman–Crippen LogP) is 3.35. The third-order valence-corrected chi connectivity index (χ3v) is 6.31. The summed E-state index contributed by atoms with van der Waals surface area (Å²) in [5.74, 6) is -1.17. The number of rotatable bonds is 3. The van der Waals surface area contributed by atoms with E-state index in [2.05, 4.69) is 6.07 Å². The summed E-state index contributed by atoms with van der Waals surface area (Å²) >= 11 is 0. The minimum atomic E-state index is -1.62. The number of benzene rings is 1. The van der Waals surface area contributed by atoms with Gasteiger partial charge in [0.15, 0.2) is 0 Å². The molecule has 0 fully saturated rings. The highest BCUT2D eigenvalue weighted by atomic mass is 16.6. The van der Waals surface area contributed by atoms with Crippen molar-refractivity contribution < 1.29 is 19.1 Å². The van der Waals surface area contributed by atoms with Crippen LogP contribution < -0.4 is 5.56 Å². The number of aryl methyl sites for hydroxylation is 1. The Balaban J connectivity index is 1.77. The predicted molar refractivity (Wildman–Crippen MR) is 113 cm³/mol. The minimum absolute atomic E-state index is 0.115. The quantitative estimate of drug-likeness (QED) is 0.474. The minimum Gasteiger partial charge on any atom is -0.457 e. The van der Waals surface area contributed by atoms with Gasteiger partial charge in [-0.1, -0.05) is 26.0 Å². The number of hydrogen-bond donors (Lipinski definition) is 0. The van der Waals surface area contributed by atoms with Crippen LogP contribution in [0.3, 0.4) is 0 Å². The van der Waals surface area contributed by atoms with Crippen LogP contribution in [-0.4, -0.2) is 21.5 Å². The van der Waals surface area contributed by atoms with Crippen molar-refractivity contribution in [2.75, 3.05) is 0 Å². The summed E-state index contributed by atoms with van der Waals surface area (Å²) < 4.78 is 12.6. The SMILES string of the molecule is CCC(=O)O[C@@]1(CC)C(=O)OCc2c1cc1n(c2=O)Cc2cc3c(C)cccc3nc2-1. The van der Waals surface area contributed by atoms with E-state index in [1.165, 1.54) is 0 Å². The molecular formula is C24H22N2O5. The molecule has 3 aromatic rings. The van der Waals surface area contributed by atoms with E-state index in [0.29, 0.717) is 29.1 Å². The molecular weight excluding hydrogens is 396 g/mol. The largest absolute Gasteiger partial charge is 0.457 e. The average molecular weight is 418 g/mol. The molecule has 5 rings (SSSR count). The first-order valence-electron chi connectivity index (χ1n) is 10.5. The second-order valence-electron chi connectivity index (χ2n) is 8.04. The van der Waals surface area contributed by atoms with Crippen molar-refractivity contribution in [2.24, 2.45) is 0 Å². The fraction of sp³-hybridized carbons (Fsp3) is 0.333. The molecule has 31 heavy (non-hydrogen) atoms. The maximum absolute atomic E-state index is 13.4. The molecule has 0 N–H and O–H groups in total. The van der Waals surface area contributed by atoms with Gasteiger partial charge in [0.2, 0.25) is 5.60 Å². The van der Waals surface area contributed by atoms with Crippen molar-refractivity contribution in [1.82, 2.24) is 9.55 Å². The molecule has 0 unspecified atom stereocenters. The van der Waals surface area contributed by atoms with Gasteiger partial charge < -0.3 is 14.0 Å². The van der Waals surface area contributed by atoms with Crippen molar-refractivity contribution in [3.63, 3.8) is 0 Å². The maximum Gasteiger partial charge on any atom is 0.355 e. The van der Waals surface area contributed by atoms with E-state index in [4.69, 9.17) is 14.5 Å². The molecule has 158 valence electrons. The Morgan fingerprint density at radius 3 is 2.81 bits per heavy atom. The number of carbonyl (C=O) groups excluding carboxylic acids is 2. The van der Waals surface area contributed by atoms with Crippen molar-refractivity contribution in [3.05, 3.63) is 62.9 Å². The third-order valence-electron chi connectivity index (χ3n) is 6.31. The van der Waals surface area contributed by atoms with Crippen molar-refractivity contribution in [2.45, 2.75) is 52.4 Å². The Kier molecular flexibility index (Phi) is 4.25. The lowest BCUT2D eigenvalue weighted by atomic mass is 9.85. The second kappa shape index (κ2) is 6.77. The summed E-state index contributed by atoms with van der Waals surface area (Å²) in [7, 11) is 0. The molecule has 0 bridgehead atoms. The zero-order valence-corrected chi connectivity index (χ0v) is 17.7. The molecule has 1 aromatic carbocycles. The number of esters is 2. The molecule has 0 aliphatic carbocycles. The van der Waals surface area contributed by atoms with Crippen LogP contribution in [0.1, 0.15) is 48.9 Å². The van der Waals surface area contributed by atoms with Crippen LogP contribution in [0.25, 0.3) is 22.3 Å². The van der Waals surface area contributed by atoms with Crippen LogP contribution in [0.2, 0.25) is 0 Å². The number of ether oxygens (including phenoxy) is 2. The average Bonchev–Trinajstić information content (AvgIpc) is 3.13. The fourth-order valence-electron chi connectivity index (χ4n) is 4.57. The Bertz CT molecular complexity index is 1340. The molecule has 7 nitrogen and oxygen atoms in total. The Morgan fingerprint density at radius 1 is 1.26 bits per heavy atom. The first-order valence-corrected chi connectivity index (χ1v) is 10.5. The Morgan fingerprint density at radius 2 is 2.06 bits per heavy atom. The smallest absolute Gasteiger partial charge is 0.355 e. The highest BCUT2D eigenvalue weighted by molar-refractivity contribution is 5.89. The summed E-state index contributed by atoms with van der Waals surface area (Å²) in [6.07, 6.45) is 0.286. The molecule has 0 radical (unpaired) electrons. The van der Waals surface area contributed by atoms with Gasteiger partial charge in [-0.2, -0.15) is 0 Å². The van der Waals surface area contributed by atoms with Gasteiger partial charge >= 0.3 is 11.9 Å². The fourth-order valence-corrected chi connectivity index (χ4v) is 4.57. The molecule has 2 aliphatic heterocycles. The molecule has 2 aliphatic rings. The first-order chi connectivity index (χ1) is 14.9. The topological polar surface area (TPSA) is 87.5 Å². The van der Waals surface area contributed by atoms with E-state index in [9.17, 15) is 14.4 Å². The molecule has 7 heteroatoms. The van der Waals surface area contributed by atoms with Crippen molar-refractivity contribution in [1.29, 1.82) is 0 Å². The highest BCUT2D eigenvalue weighted by Gasteiger charge is 2.50. The van der Waals surface area contributed by atoms with Gasteiger partial charge in [-0.05, 0) is 37.1 Å². The van der Waals surface area contributed by atoms with Gasteiger partial charge in [0.1, 0.15) is 6.61 Å². The summed E-state index contributed by atoms with van der Waals surface area (Å²) in [5.41, 5.74) is 3.13. The summed E-state index contributed by atoms with van der Waals surface area (Å²) in [4.78, 5) is 43.2. The van der Waals surface area contributed by atoms with Gasteiger partial charge in [-0.25, -0.2) is 9.78 Å². The number of hydrogen-bond acceptors (Lipinski definition) is 6. The van der Waals surface area contributed by atoms with Crippen molar-refractivity contribution >= 4 is 22.8 Å². The number of fused-ring (bicyclic) bond motifs is 5. The number of nitrogens with zero attached hydrogens (tertiary/aromatic N) is 2. The zero-order valence-electron chi connectivity index (χ0n) is 17.7. The number of cyclic esters (lactones) is 1. The summed E-state index contributed by atoms with van der Waals surface area (Å²) in [6, 6.07) is 9.78. The van der Waals surface area contributed by atoms with Gasteiger partial charge in [0.05, 0.1) is 29.0 Å². The van der Waals surface area contributed by atoms with E-state index < -0.39 is 17.5 Å². The summed E-state index contributed by atoms with van der Waals surface area (Å²) in [6.45, 7) is 5.70. The Hall–Kier alpha value is -3.48. The van der Waals surface area contributed by atoms with E-state index in [-0.39, 0.29) is 25.0 Å². The summed E-state index contributed by atoms with van der Waals surface area (Å²) in [5, 5.41) is 1.05. The number of aromatic nitrogens is 2. The number of pyridine rings is 2. The second-order valence-corrected chi connectivity index (χ2v) is 8.04. The molecule has 0 saturated carbocycles. The normalized spacial score (nSPS) is 18.9. The van der Waals surface area contributed by atoms with Crippen LogP contribution in [0, 0.1) is 6.92 Å². The van der Waals surface area contributed by atoms with Crippen LogP contribution in [0.15, 0.2) is 35.1 Å². The standard InChI is InChI=1S/C24H22N2O5/c1-4-20(27)31-24(5-2)17-10-19-21-14(9-15-13(3)7-6-8-18(15)25-21)11-26(19)22(28)16(17)12-30-23(24)29/h6-10H,4-5,11-12H2,1-3H3/t24-/m1/s1. The maximum atomic E-state index is 13.4. The van der Waals surface area contributed by atoms with Gasteiger partial charge in [0, 0.05) is 22.9 Å². The van der Waals surface area contributed by atoms with E-state index in [0.717, 1.165) is 22.0 Å². The van der Waals surface area contributed by atoms with Crippen LogP contribution in [-0.2, 0) is 37.8 Å². The molecule has 4 heterocycles. The number of carbonyl (C=O) groups is 2. The van der Waals surface area contributed by atoms with Crippen LogP contribution in [0.5, 0.6) is 0 Å². The molecule has 0 saturated heterocycles. The monoisotopic (exact) mass is 418 g/mol. The van der Waals surface area contributed by atoms with Gasteiger partial charge in [0.25, 0.3) is 5.56 Å². The van der Waals surface area contributed by atoms with Crippen molar-refractivity contribution in [3.8, 4) is 11.4 Å². The lowest BCUT2D eigenvalue weighted by molar-refractivity contribution is -0.189. The van der Waals surface area contributed by atoms with E-state index in [1.54, 1.807) is 24.5 Å². The van der Waals surface area contributed by atoms with Gasteiger partial charge in [-0.15, -0.1) is 0 Å². The lowest BCUT2D eigenvalue weighted by Crippen LogP contribution is -2.47. The molecule has 0 amide bonds. The van der Waals surface area contributed by atoms with Gasteiger partial charge in [-0.3, -0.25) is 9.59 Å². The molecule has 0 spiro atoms. The molecule has 1 atom stereocenters. The lowest BCUT2D eigenvalue weighted by Gasteiger charge is -2.35. The zero-order chi connectivity index (χ0) is 21.9. The van der Waals surface area contributed by atoms with E-state index >= 15 is 0 Å².